The highest BCUT2D eigenvalue weighted by atomic mass is 16.2. The third kappa shape index (κ3) is 3.24. The maximum atomic E-state index is 12.9. The van der Waals surface area contributed by atoms with Crippen LogP contribution in [-0.4, -0.2) is 44.6 Å². The van der Waals surface area contributed by atoms with Crippen molar-refractivity contribution in [3.05, 3.63) is 52.8 Å². The number of hydrogen-bond acceptors (Lipinski definition) is 4. The molecule has 2 amide bonds. The number of anilines is 1. The summed E-state index contributed by atoms with van der Waals surface area (Å²) in [6.45, 7) is 5.37. The molecule has 0 aliphatic carbocycles. The molecule has 1 aliphatic heterocycles. The van der Waals surface area contributed by atoms with Gasteiger partial charge < -0.3 is 10.2 Å². The lowest BCUT2D eigenvalue weighted by atomic mass is 10.1. The molecule has 1 saturated heterocycles. The van der Waals surface area contributed by atoms with Crippen molar-refractivity contribution in [3.8, 4) is 0 Å². The second-order valence-corrected chi connectivity index (χ2v) is 7.25. The number of benzene rings is 1. The third-order valence-corrected chi connectivity index (χ3v) is 5.12. The molecular weight excluding hydrogens is 354 g/mol. The standard InChI is InChI=1S/C21H23N5O2/c1-13-12-17(18-14(2)24-25(3)19(18)22-13)20(27)23-16-8-6-15(7-9-16)21(28)26-10-4-5-11-26/h6-9,12H,4-5,10-11H2,1-3H3,(H,23,27). The van der Waals surface area contributed by atoms with Gasteiger partial charge in [0.2, 0.25) is 0 Å². The van der Waals surface area contributed by atoms with E-state index >= 15 is 0 Å². The molecule has 144 valence electrons. The van der Waals surface area contributed by atoms with Gasteiger partial charge >= 0.3 is 0 Å². The van der Waals surface area contributed by atoms with Crippen LogP contribution >= 0.6 is 0 Å². The topological polar surface area (TPSA) is 80.1 Å². The fraction of sp³-hybridized carbons (Fsp3) is 0.333. The van der Waals surface area contributed by atoms with Crippen LogP contribution in [-0.2, 0) is 7.05 Å². The average molecular weight is 377 g/mol. The number of amides is 2. The summed E-state index contributed by atoms with van der Waals surface area (Å²) in [5, 5.41) is 8.06. The minimum absolute atomic E-state index is 0.0489. The lowest BCUT2D eigenvalue weighted by molar-refractivity contribution is 0.0792. The van der Waals surface area contributed by atoms with E-state index in [0.29, 0.717) is 22.5 Å². The summed E-state index contributed by atoms with van der Waals surface area (Å²) in [4.78, 5) is 31.7. The number of hydrogen-bond donors (Lipinski definition) is 1. The van der Waals surface area contributed by atoms with Crippen LogP contribution in [0.4, 0.5) is 5.69 Å². The van der Waals surface area contributed by atoms with E-state index in [0.717, 1.165) is 42.7 Å². The number of fused-ring (bicyclic) bond motifs is 1. The summed E-state index contributed by atoms with van der Waals surface area (Å²) in [6, 6.07) is 8.83. The minimum atomic E-state index is -0.217. The Balaban J connectivity index is 1.57. The summed E-state index contributed by atoms with van der Waals surface area (Å²) >= 11 is 0. The molecular formula is C21H23N5O2. The van der Waals surface area contributed by atoms with Gasteiger partial charge in [-0.1, -0.05) is 0 Å². The molecule has 1 N–H and O–H groups in total. The lowest BCUT2D eigenvalue weighted by Crippen LogP contribution is -2.27. The molecule has 0 bridgehead atoms. The summed E-state index contributed by atoms with van der Waals surface area (Å²) in [6.07, 6.45) is 2.13. The van der Waals surface area contributed by atoms with Crippen molar-refractivity contribution in [1.29, 1.82) is 0 Å². The SMILES string of the molecule is Cc1cc(C(=O)Nc2ccc(C(=O)N3CCCC3)cc2)c2c(C)nn(C)c2n1. The largest absolute Gasteiger partial charge is 0.339 e. The molecule has 0 saturated carbocycles. The first-order valence-electron chi connectivity index (χ1n) is 9.45. The number of carbonyl (C=O) groups excluding carboxylic acids is 2. The Labute approximate surface area is 163 Å². The number of nitrogens with zero attached hydrogens (tertiary/aromatic N) is 4. The number of aromatic nitrogens is 3. The highest BCUT2D eigenvalue weighted by Gasteiger charge is 2.20. The van der Waals surface area contributed by atoms with Crippen molar-refractivity contribution < 1.29 is 9.59 Å². The average Bonchev–Trinajstić information content (AvgIpc) is 3.30. The van der Waals surface area contributed by atoms with Gasteiger partial charge in [0.05, 0.1) is 16.6 Å². The molecule has 7 heteroatoms. The Hall–Kier alpha value is -3.22. The highest BCUT2D eigenvalue weighted by molar-refractivity contribution is 6.12. The van der Waals surface area contributed by atoms with Gasteiger partial charge in [-0.25, -0.2) is 4.98 Å². The first-order valence-corrected chi connectivity index (χ1v) is 9.45. The molecule has 28 heavy (non-hydrogen) atoms. The Morgan fingerprint density at radius 1 is 1.07 bits per heavy atom. The molecule has 1 aromatic carbocycles. The molecule has 0 unspecified atom stereocenters. The molecule has 1 aliphatic rings. The Kier molecular flexibility index (Phi) is 4.58. The van der Waals surface area contributed by atoms with E-state index < -0.39 is 0 Å². The summed E-state index contributed by atoms with van der Waals surface area (Å²) < 4.78 is 1.69. The third-order valence-electron chi connectivity index (χ3n) is 5.12. The number of nitrogens with one attached hydrogen (secondary N) is 1. The maximum absolute atomic E-state index is 12.9. The van der Waals surface area contributed by atoms with Crippen LogP contribution in [0.1, 0.15) is 44.9 Å². The van der Waals surface area contributed by atoms with Crippen molar-refractivity contribution in [2.24, 2.45) is 7.05 Å². The first kappa shape index (κ1) is 18.2. The number of carbonyl (C=O) groups is 2. The summed E-state index contributed by atoms with van der Waals surface area (Å²) in [5.74, 6) is -0.168. The van der Waals surface area contributed by atoms with Gasteiger partial charge in [0, 0.05) is 37.1 Å². The second kappa shape index (κ2) is 7.07. The van der Waals surface area contributed by atoms with Gasteiger partial charge in [0.1, 0.15) is 0 Å². The molecule has 3 aromatic rings. The van der Waals surface area contributed by atoms with Crippen LogP contribution in [0.3, 0.4) is 0 Å². The molecule has 4 rings (SSSR count). The summed E-state index contributed by atoms with van der Waals surface area (Å²) in [7, 11) is 1.82. The van der Waals surface area contributed by atoms with Crippen molar-refractivity contribution in [1.82, 2.24) is 19.7 Å². The Bertz CT molecular complexity index is 1060. The molecule has 7 nitrogen and oxygen atoms in total. The van der Waals surface area contributed by atoms with Gasteiger partial charge in [0.25, 0.3) is 11.8 Å². The van der Waals surface area contributed by atoms with E-state index in [-0.39, 0.29) is 11.8 Å². The van der Waals surface area contributed by atoms with Crippen molar-refractivity contribution in [2.75, 3.05) is 18.4 Å². The minimum Gasteiger partial charge on any atom is -0.339 e. The molecule has 2 aromatic heterocycles. The van der Waals surface area contributed by atoms with Crippen molar-refractivity contribution in [2.45, 2.75) is 26.7 Å². The lowest BCUT2D eigenvalue weighted by Gasteiger charge is -2.15. The fourth-order valence-electron chi connectivity index (χ4n) is 3.75. The zero-order valence-corrected chi connectivity index (χ0v) is 16.3. The van der Waals surface area contributed by atoms with Crippen molar-refractivity contribution in [3.63, 3.8) is 0 Å². The van der Waals surface area contributed by atoms with Crippen LogP contribution in [0, 0.1) is 13.8 Å². The van der Waals surface area contributed by atoms with Crippen LogP contribution in [0.5, 0.6) is 0 Å². The van der Waals surface area contributed by atoms with E-state index in [4.69, 9.17) is 0 Å². The van der Waals surface area contributed by atoms with E-state index in [1.165, 1.54) is 0 Å². The molecule has 3 heterocycles. The second-order valence-electron chi connectivity index (χ2n) is 7.25. The molecule has 0 radical (unpaired) electrons. The van der Waals surface area contributed by atoms with Gasteiger partial charge in [-0.15, -0.1) is 0 Å². The zero-order valence-electron chi connectivity index (χ0n) is 16.3. The Morgan fingerprint density at radius 2 is 1.75 bits per heavy atom. The van der Waals surface area contributed by atoms with Crippen LogP contribution in [0.25, 0.3) is 11.0 Å². The van der Waals surface area contributed by atoms with Crippen molar-refractivity contribution >= 4 is 28.5 Å². The van der Waals surface area contributed by atoms with E-state index in [9.17, 15) is 9.59 Å². The molecule has 0 atom stereocenters. The first-order chi connectivity index (χ1) is 13.4. The van der Waals surface area contributed by atoms with Crippen LogP contribution in [0.2, 0.25) is 0 Å². The quantitative estimate of drug-likeness (QED) is 0.761. The normalized spacial score (nSPS) is 13.9. The monoisotopic (exact) mass is 377 g/mol. The summed E-state index contributed by atoms with van der Waals surface area (Å²) in [5.41, 5.74) is 4.05. The molecule has 1 fully saturated rings. The highest BCUT2D eigenvalue weighted by Crippen LogP contribution is 2.23. The number of likely N-dealkylation sites (tertiary alicyclic amines) is 1. The predicted molar refractivity (Wildman–Crippen MR) is 108 cm³/mol. The van der Waals surface area contributed by atoms with E-state index in [2.05, 4.69) is 15.4 Å². The van der Waals surface area contributed by atoms with E-state index in [1.54, 1.807) is 35.0 Å². The number of pyridine rings is 1. The van der Waals surface area contributed by atoms with Crippen LogP contribution in [0.15, 0.2) is 30.3 Å². The number of rotatable bonds is 3. The van der Waals surface area contributed by atoms with Gasteiger partial charge in [-0.3, -0.25) is 14.3 Å². The van der Waals surface area contributed by atoms with Gasteiger partial charge in [0.15, 0.2) is 5.65 Å². The fourth-order valence-corrected chi connectivity index (χ4v) is 3.75. The van der Waals surface area contributed by atoms with Gasteiger partial charge in [-0.05, 0) is 57.0 Å². The zero-order chi connectivity index (χ0) is 19.8. The van der Waals surface area contributed by atoms with E-state index in [1.807, 2.05) is 25.8 Å². The predicted octanol–water partition coefficient (Wildman–Crippen LogP) is 3.07. The Morgan fingerprint density at radius 3 is 2.43 bits per heavy atom. The van der Waals surface area contributed by atoms with Gasteiger partial charge in [-0.2, -0.15) is 5.10 Å². The van der Waals surface area contributed by atoms with Crippen LogP contribution < -0.4 is 5.32 Å². The molecule has 0 spiro atoms. The maximum Gasteiger partial charge on any atom is 0.256 e. The number of aryl methyl sites for hydroxylation is 3. The smallest absolute Gasteiger partial charge is 0.256 e.